The summed E-state index contributed by atoms with van der Waals surface area (Å²) in [5.74, 6) is 0.810. The van der Waals surface area contributed by atoms with Gasteiger partial charge in [-0.15, -0.1) is 11.3 Å². The third kappa shape index (κ3) is 5.35. The highest BCUT2D eigenvalue weighted by Gasteiger charge is 2.09. The maximum atomic E-state index is 9.54. The molecular formula is C22H20ClN3OS. The van der Waals surface area contributed by atoms with E-state index < -0.39 is 0 Å². The van der Waals surface area contributed by atoms with Gasteiger partial charge in [0, 0.05) is 33.9 Å². The number of thiazole rings is 1. The van der Waals surface area contributed by atoms with Crippen LogP contribution >= 0.6 is 22.9 Å². The summed E-state index contributed by atoms with van der Waals surface area (Å²) >= 11 is 7.37. The van der Waals surface area contributed by atoms with Crippen LogP contribution in [0.25, 0.3) is 16.8 Å². The number of rotatable bonds is 8. The zero-order chi connectivity index (χ0) is 19.8. The van der Waals surface area contributed by atoms with Crippen molar-refractivity contribution in [2.24, 2.45) is 0 Å². The van der Waals surface area contributed by atoms with Crippen LogP contribution in [0, 0.1) is 11.3 Å². The second kappa shape index (κ2) is 9.93. The number of hydrogen-bond donors (Lipinski definition) is 1. The van der Waals surface area contributed by atoms with E-state index in [1.807, 2.05) is 53.9 Å². The van der Waals surface area contributed by atoms with E-state index in [9.17, 15) is 5.26 Å². The zero-order valence-corrected chi connectivity index (χ0v) is 17.1. The Balaban J connectivity index is 1.72. The highest BCUT2D eigenvalue weighted by Crippen LogP contribution is 2.27. The van der Waals surface area contributed by atoms with E-state index in [-0.39, 0.29) is 0 Å². The first-order valence-corrected chi connectivity index (χ1v) is 10.3. The van der Waals surface area contributed by atoms with E-state index in [2.05, 4.69) is 23.3 Å². The van der Waals surface area contributed by atoms with Gasteiger partial charge in [0.1, 0.15) is 22.4 Å². The lowest BCUT2D eigenvalue weighted by Gasteiger charge is -2.07. The summed E-state index contributed by atoms with van der Waals surface area (Å²) in [5.41, 5.74) is 3.12. The average Bonchev–Trinajstić information content (AvgIpc) is 3.20. The van der Waals surface area contributed by atoms with Gasteiger partial charge in [0.2, 0.25) is 0 Å². The van der Waals surface area contributed by atoms with Crippen molar-refractivity contribution in [1.82, 2.24) is 4.98 Å². The molecule has 0 aliphatic rings. The second-order valence-corrected chi connectivity index (χ2v) is 7.38. The Morgan fingerprint density at radius 1 is 1.29 bits per heavy atom. The van der Waals surface area contributed by atoms with Gasteiger partial charge in [-0.1, -0.05) is 43.1 Å². The molecule has 0 radical (unpaired) electrons. The Bertz CT molecular complexity index is 990. The van der Waals surface area contributed by atoms with Gasteiger partial charge in [0.25, 0.3) is 0 Å². The molecule has 0 aliphatic heterocycles. The number of halogens is 1. The summed E-state index contributed by atoms with van der Waals surface area (Å²) in [6.07, 6.45) is 3.80. The van der Waals surface area contributed by atoms with Crippen LogP contribution < -0.4 is 10.1 Å². The number of unbranched alkanes of at least 4 members (excludes halogenated alkanes) is 1. The lowest BCUT2D eigenvalue weighted by Crippen LogP contribution is -1.97. The number of nitrogens with zero attached hydrogens (tertiary/aromatic N) is 2. The molecule has 0 unspecified atom stereocenters. The van der Waals surface area contributed by atoms with E-state index in [4.69, 9.17) is 16.3 Å². The Morgan fingerprint density at radius 3 is 2.86 bits per heavy atom. The Hall–Kier alpha value is -2.81. The summed E-state index contributed by atoms with van der Waals surface area (Å²) in [7, 11) is 0. The van der Waals surface area contributed by atoms with Gasteiger partial charge in [-0.25, -0.2) is 4.98 Å². The molecule has 4 nitrogen and oxygen atoms in total. The number of nitrogens with one attached hydrogen (secondary N) is 1. The number of hydrogen-bond acceptors (Lipinski definition) is 5. The maximum Gasteiger partial charge on any atom is 0.136 e. The smallest absolute Gasteiger partial charge is 0.136 e. The largest absolute Gasteiger partial charge is 0.494 e. The molecule has 0 atom stereocenters. The maximum absolute atomic E-state index is 9.54. The summed E-state index contributed by atoms with van der Waals surface area (Å²) in [5, 5.41) is 16.0. The van der Waals surface area contributed by atoms with Crippen LogP contribution in [0.5, 0.6) is 5.75 Å². The monoisotopic (exact) mass is 409 g/mol. The standard InChI is InChI=1S/C22H20ClN3OS/c1-2-3-11-27-20-6-4-5-19(12-20)25-14-17(13-24)22-26-21(15-28-22)16-7-9-18(23)10-8-16/h4-10,12,14-15,25H,2-3,11H2,1H3. The van der Waals surface area contributed by atoms with Crippen molar-refractivity contribution in [2.75, 3.05) is 11.9 Å². The number of nitriles is 1. The van der Waals surface area contributed by atoms with Crippen molar-refractivity contribution < 1.29 is 4.74 Å². The van der Waals surface area contributed by atoms with Gasteiger partial charge in [0.15, 0.2) is 0 Å². The molecule has 3 aromatic rings. The minimum Gasteiger partial charge on any atom is -0.494 e. The predicted octanol–water partition coefficient (Wildman–Crippen LogP) is 6.62. The molecule has 1 N–H and O–H groups in total. The van der Waals surface area contributed by atoms with Crippen LogP contribution in [-0.2, 0) is 0 Å². The minimum absolute atomic E-state index is 0.475. The molecule has 0 saturated heterocycles. The predicted molar refractivity (Wildman–Crippen MR) is 117 cm³/mol. The Labute approximate surface area is 174 Å². The zero-order valence-electron chi connectivity index (χ0n) is 15.5. The van der Waals surface area contributed by atoms with Gasteiger partial charge < -0.3 is 10.1 Å². The fraction of sp³-hybridized carbons (Fsp3) is 0.182. The van der Waals surface area contributed by atoms with E-state index in [1.165, 1.54) is 11.3 Å². The van der Waals surface area contributed by atoms with Gasteiger partial charge in [0.05, 0.1) is 12.3 Å². The van der Waals surface area contributed by atoms with Gasteiger partial charge >= 0.3 is 0 Å². The number of aromatic nitrogens is 1. The van der Waals surface area contributed by atoms with Crippen LogP contribution in [0.15, 0.2) is 60.1 Å². The summed E-state index contributed by atoms with van der Waals surface area (Å²) in [4.78, 5) is 4.58. The molecule has 1 aromatic heterocycles. The first-order valence-electron chi connectivity index (χ1n) is 9.01. The SMILES string of the molecule is CCCCOc1cccc(NC=C(C#N)c2nc(-c3ccc(Cl)cc3)cs2)c1. The molecule has 28 heavy (non-hydrogen) atoms. The van der Waals surface area contributed by atoms with Crippen molar-refractivity contribution in [2.45, 2.75) is 19.8 Å². The number of anilines is 1. The van der Waals surface area contributed by atoms with Gasteiger partial charge in [-0.3, -0.25) is 0 Å². The molecule has 1 heterocycles. The fourth-order valence-electron chi connectivity index (χ4n) is 2.46. The van der Waals surface area contributed by atoms with E-state index in [1.54, 1.807) is 6.20 Å². The van der Waals surface area contributed by atoms with Crippen molar-refractivity contribution >= 4 is 34.2 Å². The molecule has 6 heteroatoms. The molecule has 0 bridgehead atoms. The topological polar surface area (TPSA) is 57.9 Å². The molecular weight excluding hydrogens is 390 g/mol. The molecule has 0 aliphatic carbocycles. The molecule has 0 saturated carbocycles. The highest BCUT2D eigenvalue weighted by atomic mass is 35.5. The van der Waals surface area contributed by atoms with Crippen molar-refractivity contribution in [3.05, 3.63) is 70.1 Å². The molecule has 0 spiro atoms. The van der Waals surface area contributed by atoms with Crippen molar-refractivity contribution in [3.8, 4) is 23.1 Å². The number of ether oxygens (including phenoxy) is 1. The normalized spacial score (nSPS) is 11.1. The quantitative estimate of drug-likeness (QED) is 0.335. The molecule has 0 fully saturated rings. The van der Waals surface area contributed by atoms with Gasteiger partial charge in [-0.05, 0) is 30.7 Å². The van der Waals surface area contributed by atoms with Crippen LogP contribution in [0.3, 0.4) is 0 Å². The lowest BCUT2D eigenvalue weighted by molar-refractivity contribution is 0.309. The molecule has 142 valence electrons. The van der Waals surface area contributed by atoms with Crippen LogP contribution in [0.2, 0.25) is 5.02 Å². The van der Waals surface area contributed by atoms with Crippen molar-refractivity contribution in [3.63, 3.8) is 0 Å². The second-order valence-electron chi connectivity index (χ2n) is 6.09. The average molecular weight is 410 g/mol. The van der Waals surface area contributed by atoms with Crippen LogP contribution in [0.1, 0.15) is 24.8 Å². The van der Waals surface area contributed by atoms with E-state index >= 15 is 0 Å². The van der Waals surface area contributed by atoms with Gasteiger partial charge in [-0.2, -0.15) is 5.26 Å². The third-order valence-electron chi connectivity index (χ3n) is 3.98. The summed E-state index contributed by atoms with van der Waals surface area (Å²) < 4.78 is 5.72. The molecule has 3 rings (SSSR count). The molecule has 0 amide bonds. The van der Waals surface area contributed by atoms with E-state index in [0.29, 0.717) is 22.2 Å². The summed E-state index contributed by atoms with van der Waals surface area (Å²) in [6.45, 7) is 2.83. The minimum atomic E-state index is 0.475. The Kier molecular flexibility index (Phi) is 7.07. The first kappa shape index (κ1) is 19.9. The fourth-order valence-corrected chi connectivity index (χ4v) is 3.38. The first-order chi connectivity index (χ1) is 13.7. The third-order valence-corrected chi connectivity index (χ3v) is 5.11. The van der Waals surface area contributed by atoms with Crippen LogP contribution in [0.4, 0.5) is 5.69 Å². The number of benzene rings is 2. The molecule has 2 aromatic carbocycles. The highest BCUT2D eigenvalue weighted by molar-refractivity contribution is 7.11. The Morgan fingerprint density at radius 2 is 2.11 bits per heavy atom. The number of allylic oxidation sites excluding steroid dienone is 1. The van der Waals surface area contributed by atoms with E-state index in [0.717, 1.165) is 35.5 Å². The summed E-state index contributed by atoms with van der Waals surface area (Å²) in [6, 6.07) is 17.4. The van der Waals surface area contributed by atoms with Crippen molar-refractivity contribution in [1.29, 1.82) is 5.26 Å². The van der Waals surface area contributed by atoms with Crippen LogP contribution in [-0.4, -0.2) is 11.6 Å². The lowest BCUT2D eigenvalue weighted by atomic mass is 10.2.